The van der Waals surface area contributed by atoms with Gasteiger partial charge in [0.1, 0.15) is 0 Å². The second kappa shape index (κ2) is 4.45. The first-order valence-electron chi connectivity index (χ1n) is 5.34. The third-order valence-corrected chi connectivity index (χ3v) is 2.53. The monoisotopic (exact) mass is 216 g/mol. The molecule has 2 aromatic rings. The molecule has 0 aliphatic heterocycles. The molecule has 0 radical (unpaired) electrons. The first-order valence-corrected chi connectivity index (χ1v) is 5.34. The van der Waals surface area contributed by atoms with Crippen molar-refractivity contribution in [2.75, 3.05) is 0 Å². The molecule has 0 aliphatic rings. The zero-order valence-corrected chi connectivity index (χ0v) is 9.64. The van der Waals surface area contributed by atoms with E-state index in [1.165, 1.54) is 11.3 Å². The van der Waals surface area contributed by atoms with Gasteiger partial charge in [0.05, 0.1) is 17.9 Å². The summed E-state index contributed by atoms with van der Waals surface area (Å²) in [6, 6.07) is 6.09. The first-order chi connectivity index (χ1) is 7.69. The van der Waals surface area contributed by atoms with Gasteiger partial charge in [0.15, 0.2) is 0 Å². The molecular formula is C12H16N4. The lowest BCUT2D eigenvalue weighted by molar-refractivity contribution is 0.657. The molecule has 0 unspecified atom stereocenters. The van der Waals surface area contributed by atoms with Crippen LogP contribution >= 0.6 is 0 Å². The minimum absolute atomic E-state index is 0.477. The Labute approximate surface area is 95.1 Å². The molecule has 2 heterocycles. The summed E-state index contributed by atoms with van der Waals surface area (Å²) in [7, 11) is 0. The van der Waals surface area contributed by atoms with Crippen molar-refractivity contribution in [2.45, 2.75) is 26.9 Å². The molecule has 0 saturated carbocycles. The second-order valence-corrected chi connectivity index (χ2v) is 3.94. The number of pyridine rings is 1. The normalized spacial score (nSPS) is 10.7. The van der Waals surface area contributed by atoms with E-state index < -0.39 is 0 Å². The number of hydrogen-bond acceptors (Lipinski definition) is 3. The van der Waals surface area contributed by atoms with Crippen molar-refractivity contribution in [1.82, 2.24) is 14.8 Å². The van der Waals surface area contributed by atoms with Crippen LogP contribution in [-0.2, 0) is 13.1 Å². The lowest BCUT2D eigenvalue weighted by Crippen LogP contribution is -2.06. The summed E-state index contributed by atoms with van der Waals surface area (Å²) < 4.78 is 1.99. The molecule has 4 heteroatoms. The van der Waals surface area contributed by atoms with Crippen LogP contribution in [-0.4, -0.2) is 14.8 Å². The van der Waals surface area contributed by atoms with E-state index in [4.69, 9.17) is 5.73 Å². The minimum Gasteiger partial charge on any atom is -0.325 e. The Hall–Kier alpha value is -1.68. The number of aryl methyl sites for hydroxylation is 2. The highest BCUT2D eigenvalue weighted by atomic mass is 15.3. The number of rotatable bonds is 3. The van der Waals surface area contributed by atoms with Crippen molar-refractivity contribution in [2.24, 2.45) is 5.73 Å². The van der Waals surface area contributed by atoms with E-state index in [2.05, 4.69) is 23.1 Å². The maximum absolute atomic E-state index is 5.56. The molecule has 0 aliphatic carbocycles. The van der Waals surface area contributed by atoms with Crippen LogP contribution in [0.15, 0.2) is 24.4 Å². The van der Waals surface area contributed by atoms with Crippen LogP contribution in [0.1, 0.15) is 22.6 Å². The molecule has 0 saturated heterocycles. The summed E-state index contributed by atoms with van der Waals surface area (Å²) in [6.07, 6.45) is 1.79. The Morgan fingerprint density at radius 1 is 1.31 bits per heavy atom. The van der Waals surface area contributed by atoms with Crippen LogP contribution in [0.4, 0.5) is 0 Å². The fraction of sp³-hybridized carbons (Fsp3) is 0.333. The van der Waals surface area contributed by atoms with Crippen LogP contribution in [0.5, 0.6) is 0 Å². The molecule has 0 amide bonds. The van der Waals surface area contributed by atoms with Gasteiger partial charge in [-0.3, -0.25) is 9.67 Å². The predicted molar refractivity (Wildman–Crippen MR) is 62.9 cm³/mol. The van der Waals surface area contributed by atoms with Gasteiger partial charge in [-0.25, -0.2) is 0 Å². The average Bonchev–Trinajstić information content (AvgIpc) is 2.58. The number of nitrogens with zero attached hydrogens (tertiary/aromatic N) is 3. The topological polar surface area (TPSA) is 56.7 Å². The molecule has 0 bridgehead atoms. The summed E-state index contributed by atoms with van der Waals surface area (Å²) in [5.41, 5.74) is 9.88. The Kier molecular flexibility index (Phi) is 3.01. The number of aromatic nitrogens is 3. The van der Waals surface area contributed by atoms with Crippen LogP contribution in [0.2, 0.25) is 0 Å². The van der Waals surface area contributed by atoms with Crippen molar-refractivity contribution in [3.05, 3.63) is 47.0 Å². The molecule has 4 nitrogen and oxygen atoms in total. The summed E-state index contributed by atoms with van der Waals surface area (Å²) in [4.78, 5) is 4.17. The largest absolute Gasteiger partial charge is 0.325 e. The fourth-order valence-electron chi connectivity index (χ4n) is 1.75. The lowest BCUT2D eigenvalue weighted by Gasteiger charge is -2.05. The molecule has 2 N–H and O–H groups in total. The van der Waals surface area contributed by atoms with Gasteiger partial charge in [0.2, 0.25) is 0 Å². The Morgan fingerprint density at radius 3 is 2.75 bits per heavy atom. The van der Waals surface area contributed by atoms with Gasteiger partial charge in [-0.15, -0.1) is 0 Å². The van der Waals surface area contributed by atoms with Crippen LogP contribution < -0.4 is 5.73 Å². The van der Waals surface area contributed by atoms with Crippen molar-refractivity contribution in [3.8, 4) is 0 Å². The average molecular weight is 216 g/mol. The molecule has 2 rings (SSSR count). The highest BCUT2D eigenvalue weighted by Crippen LogP contribution is 2.07. The third-order valence-electron chi connectivity index (χ3n) is 2.53. The Balaban J connectivity index is 2.23. The first kappa shape index (κ1) is 10.8. The highest BCUT2D eigenvalue weighted by molar-refractivity contribution is 5.18. The Bertz CT molecular complexity index is 488. The zero-order chi connectivity index (χ0) is 11.5. The number of hydrogen-bond donors (Lipinski definition) is 1. The lowest BCUT2D eigenvalue weighted by atomic mass is 10.2. The van der Waals surface area contributed by atoms with E-state index in [-0.39, 0.29) is 0 Å². The van der Waals surface area contributed by atoms with Gasteiger partial charge >= 0.3 is 0 Å². The van der Waals surface area contributed by atoms with Gasteiger partial charge < -0.3 is 5.73 Å². The summed E-state index contributed by atoms with van der Waals surface area (Å²) >= 11 is 0. The molecule has 0 spiro atoms. The van der Waals surface area contributed by atoms with E-state index in [0.717, 1.165) is 17.9 Å². The second-order valence-electron chi connectivity index (χ2n) is 3.94. The summed E-state index contributed by atoms with van der Waals surface area (Å²) in [6.45, 7) is 5.31. The van der Waals surface area contributed by atoms with Crippen molar-refractivity contribution in [3.63, 3.8) is 0 Å². The molecule has 2 aromatic heterocycles. The van der Waals surface area contributed by atoms with Gasteiger partial charge in [0.25, 0.3) is 0 Å². The summed E-state index contributed by atoms with van der Waals surface area (Å²) in [5, 5.41) is 4.43. The quantitative estimate of drug-likeness (QED) is 0.843. The van der Waals surface area contributed by atoms with E-state index in [1.807, 2.05) is 23.7 Å². The third kappa shape index (κ3) is 2.28. The van der Waals surface area contributed by atoms with Gasteiger partial charge in [-0.1, -0.05) is 0 Å². The molecule has 84 valence electrons. The molecule has 0 aromatic carbocycles. The molecule has 16 heavy (non-hydrogen) atoms. The Morgan fingerprint density at radius 2 is 2.12 bits per heavy atom. The van der Waals surface area contributed by atoms with E-state index in [0.29, 0.717) is 6.54 Å². The van der Waals surface area contributed by atoms with Crippen LogP contribution in [0, 0.1) is 13.8 Å². The molecular weight excluding hydrogens is 200 g/mol. The number of nitrogens with two attached hydrogens (primary N) is 1. The van der Waals surface area contributed by atoms with E-state index in [9.17, 15) is 0 Å². The maximum Gasteiger partial charge on any atom is 0.0663 e. The summed E-state index contributed by atoms with van der Waals surface area (Å²) in [5.74, 6) is 0. The fourth-order valence-corrected chi connectivity index (χ4v) is 1.75. The molecule has 0 atom stereocenters. The van der Waals surface area contributed by atoms with Crippen LogP contribution in [0.3, 0.4) is 0 Å². The standard InChI is InChI=1S/C12H16N4/c1-9-5-10(2)16(15-9)8-11-3-4-14-12(6-11)7-13/h3-6H,7-8,13H2,1-2H3. The van der Waals surface area contributed by atoms with Gasteiger partial charge in [0, 0.05) is 18.4 Å². The SMILES string of the molecule is Cc1cc(C)n(Cc2ccnc(CN)c2)n1. The van der Waals surface area contributed by atoms with Crippen molar-refractivity contribution >= 4 is 0 Å². The van der Waals surface area contributed by atoms with Crippen LogP contribution in [0.25, 0.3) is 0 Å². The maximum atomic E-state index is 5.56. The van der Waals surface area contributed by atoms with Crippen molar-refractivity contribution in [1.29, 1.82) is 0 Å². The van der Waals surface area contributed by atoms with E-state index in [1.54, 1.807) is 6.20 Å². The van der Waals surface area contributed by atoms with Gasteiger partial charge in [-0.05, 0) is 37.6 Å². The highest BCUT2D eigenvalue weighted by Gasteiger charge is 2.02. The smallest absolute Gasteiger partial charge is 0.0663 e. The van der Waals surface area contributed by atoms with Gasteiger partial charge in [-0.2, -0.15) is 5.10 Å². The predicted octanol–water partition coefficient (Wildman–Crippen LogP) is 1.40. The van der Waals surface area contributed by atoms with Crippen molar-refractivity contribution < 1.29 is 0 Å². The minimum atomic E-state index is 0.477. The zero-order valence-electron chi connectivity index (χ0n) is 9.64. The van der Waals surface area contributed by atoms with E-state index >= 15 is 0 Å². The molecule has 0 fully saturated rings.